The third-order valence-electron chi connectivity index (χ3n) is 8.63. The Bertz CT molecular complexity index is 2290. The predicted molar refractivity (Wildman–Crippen MR) is 216 cm³/mol. The number of aryl methyl sites for hydroxylation is 1. The second kappa shape index (κ2) is 15.0. The van der Waals surface area contributed by atoms with Crippen LogP contribution in [0.15, 0.2) is 86.1 Å². The lowest BCUT2D eigenvalue weighted by Crippen LogP contribution is -2.15. The second-order valence-electron chi connectivity index (χ2n) is 17.4. The molecule has 0 atom stereocenters. The van der Waals surface area contributed by atoms with Gasteiger partial charge in [-0.05, 0) is 53.5 Å². The minimum atomic E-state index is -0.0276. The summed E-state index contributed by atoms with van der Waals surface area (Å²) >= 11 is 0. The van der Waals surface area contributed by atoms with Crippen molar-refractivity contribution in [1.82, 2.24) is 58.4 Å². The molecule has 13 heteroatoms. The molecule has 8 rings (SSSR count). The van der Waals surface area contributed by atoms with Gasteiger partial charge in [-0.25, -0.2) is 38.0 Å². The molecule has 0 saturated heterocycles. The van der Waals surface area contributed by atoms with Gasteiger partial charge in [0.2, 0.25) is 0 Å². The van der Waals surface area contributed by atoms with E-state index in [-0.39, 0.29) is 21.7 Å². The highest BCUT2D eigenvalue weighted by Gasteiger charge is 2.25. The average molecular weight is 730 g/mol. The van der Waals surface area contributed by atoms with Crippen LogP contribution in [0.1, 0.15) is 111 Å². The van der Waals surface area contributed by atoms with Crippen molar-refractivity contribution in [2.75, 3.05) is 5.73 Å². The smallest absolute Gasteiger partial charge is 0.160 e. The van der Waals surface area contributed by atoms with E-state index in [1.807, 2.05) is 83.5 Å². The number of anilines is 1. The van der Waals surface area contributed by atoms with Crippen molar-refractivity contribution in [1.29, 1.82) is 0 Å². The first-order valence-corrected chi connectivity index (χ1v) is 18.2. The predicted octanol–water partition coefficient (Wildman–Crippen LogP) is 8.00. The Morgan fingerprint density at radius 1 is 0.519 bits per heavy atom. The summed E-state index contributed by atoms with van der Waals surface area (Å²) in [6, 6.07) is 9.47. The third-order valence-corrected chi connectivity index (χ3v) is 8.63. The van der Waals surface area contributed by atoms with Crippen LogP contribution in [0.5, 0.6) is 0 Å². The van der Waals surface area contributed by atoms with Gasteiger partial charge in [-0.15, -0.1) is 5.10 Å². The van der Waals surface area contributed by atoms with E-state index in [4.69, 9.17) is 5.73 Å². The number of hydrogen-bond acceptors (Lipinski definition) is 9. The summed E-state index contributed by atoms with van der Waals surface area (Å²) in [5.74, 6) is 0.566. The third kappa shape index (κ3) is 8.73. The minimum Gasteiger partial charge on any atom is -0.382 e. The van der Waals surface area contributed by atoms with Crippen molar-refractivity contribution in [3.05, 3.63) is 114 Å². The number of imidazole rings is 1. The highest BCUT2D eigenvalue weighted by molar-refractivity contribution is 5.62. The van der Waals surface area contributed by atoms with Crippen molar-refractivity contribution in [2.24, 2.45) is 0 Å². The van der Waals surface area contributed by atoms with Crippen molar-refractivity contribution < 1.29 is 0 Å². The topological polar surface area (TPSA) is 147 Å². The van der Waals surface area contributed by atoms with Gasteiger partial charge in [-0.1, -0.05) is 83.1 Å². The normalized spacial score (nSPS) is 12.2. The Kier molecular flexibility index (Phi) is 10.9. The SMILES string of the molecule is CC(C)(C)c1c(N)nn2cccnc12.CC(C)(C)c1cnc2cccnn12.CC(C)(C)c1cnn2cccnc12.Cc1nn2cccnc2c1C(C)(C)C. The van der Waals surface area contributed by atoms with E-state index in [1.165, 1.54) is 11.1 Å². The molecule has 2 N–H and O–H groups in total. The molecule has 284 valence electrons. The molecule has 8 heterocycles. The number of nitrogens with zero attached hydrogens (tertiary/aromatic N) is 12. The lowest BCUT2D eigenvalue weighted by atomic mass is 9.87. The molecule has 0 bridgehead atoms. The average Bonchev–Trinajstić information content (AvgIpc) is 3.85. The summed E-state index contributed by atoms with van der Waals surface area (Å²) in [4.78, 5) is 17.3. The van der Waals surface area contributed by atoms with Crippen LogP contribution < -0.4 is 5.73 Å². The highest BCUT2D eigenvalue weighted by atomic mass is 15.3. The number of nitrogens with two attached hydrogens (primary N) is 1. The molecule has 0 aliphatic carbocycles. The Hall–Kier alpha value is -5.72. The van der Waals surface area contributed by atoms with E-state index >= 15 is 0 Å². The molecule has 54 heavy (non-hydrogen) atoms. The first kappa shape index (κ1) is 39.5. The number of aromatic nitrogens is 12. The van der Waals surface area contributed by atoms with Crippen LogP contribution in [0.2, 0.25) is 0 Å². The van der Waals surface area contributed by atoms with Crippen LogP contribution in [0.4, 0.5) is 5.82 Å². The standard InChI is InChI=1S/C11H15N3.C10H14N4.2C10H13N3/c1-8-9(11(2,3)4)10-12-6-5-7-14(10)13-8;1-10(2,3)7-8(11)13-14-6-4-5-12-9(7)14;1-10(2,3)8-7-12-13-6-4-5-11-9(8)13;1-10(2,3)8-7-11-9-5-4-6-12-13(8)9/h5-7H,1-4H3;4-6H,1-3H3,(H2,11,13);2*4-7H,1-3H3. The molecular formula is C41H55N13. The van der Waals surface area contributed by atoms with Crippen LogP contribution in [0.25, 0.3) is 22.6 Å². The fraction of sp³-hybridized carbons (Fsp3) is 0.415. The maximum absolute atomic E-state index is 5.87. The number of rotatable bonds is 0. The molecule has 0 amide bonds. The van der Waals surface area contributed by atoms with Crippen molar-refractivity contribution >= 4 is 28.4 Å². The van der Waals surface area contributed by atoms with Gasteiger partial charge in [-0.2, -0.15) is 15.3 Å². The molecule has 0 unspecified atom stereocenters. The molecule has 0 aliphatic rings. The van der Waals surface area contributed by atoms with Crippen molar-refractivity contribution in [3.8, 4) is 0 Å². The zero-order valence-corrected chi connectivity index (χ0v) is 34.0. The van der Waals surface area contributed by atoms with Gasteiger partial charge < -0.3 is 5.73 Å². The summed E-state index contributed by atoms with van der Waals surface area (Å²) in [5, 5.41) is 17.1. The van der Waals surface area contributed by atoms with E-state index < -0.39 is 0 Å². The van der Waals surface area contributed by atoms with E-state index in [2.05, 4.69) is 123 Å². The quantitative estimate of drug-likeness (QED) is 0.164. The molecular weight excluding hydrogens is 675 g/mol. The van der Waals surface area contributed by atoms with Gasteiger partial charge >= 0.3 is 0 Å². The first-order chi connectivity index (χ1) is 25.2. The minimum absolute atomic E-state index is 0.0276. The summed E-state index contributed by atoms with van der Waals surface area (Å²) in [5.41, 5.74) is 15.5. The van der Waals surface area contributed by atoms with E-state index in [0.717, 1.165) is 39.5 Å². The summed E-state index contributed by atoms with van der Waals surface area (Å²) in [6.07, 6.45) is 16.6. The summed E-state index contributed by atoms with van der Waals surface area (Å²) in [7, 11) is 0. The van der Waals surface area contributed by atoms with Crippen LogP contribution in [-0.4, -0.2) is 58.4 Å². The van der Waals surface area contributed by atoms with Crippen molar-refractivity contribution in [3.63, 3.8) is 0 Å². The monoisotopic (exact) mass is 729 g/mol. The molecule has 0 aromatic carbocycles. The largest absolute Gasteiger partial charge is 0.382 e. The fourth-order valence-electron chi connectivity index (χ4n) is 6.20. The Morgan fingerprint density at radius 3 is 1.61 bits per heavy atom. The van der Waals surface area contributed by atoms with E-state index in [1.54, 1.807) is 27.6 Å². The van der Waals surface area contributed by atoms with Gasteiger partial charge in [-0.3, -0.25) is 0 Å². The van der Waals surface area contributed by atoms with Crippen LogP contribution >= 0.6 is 0 Å². The van der Waals surface area contributed by atoms with E-state index in [0.29, 0.717) is 5.82 Å². The fourth-order valence-corrected chi connectivity index (χ4v) is 6.20. The van der Waals surface area contributed by atoms with Gasteiger partial charge in [0.05, 0.1) is 23.8 Å². The van der Waals surface area contributed by atoms with Crippen LogP contribution in [0, 0.1) is 6.92 Å². The molecule has 8 aromatic rings. The van der Waals surface area contributed by atoms with Gasteiger partial charge in [0.25, 0.3) is 0 Å². The van der Waals surface area contributed by atoms with Crippen LogP contribution in [-0.2, 0) is 21.7 Å². The van der Waals surface area contributed by atoms with Gasteiger partial charge in [0, 0.05) is 65.5 Å². The number of hydrogen-bond donors (Lipinski definition) is 1. The number of fused-ring (bicyclic) bond motifs is 4. The molecule has 0 spiro atoms. The molecule has 0 aliphatic heterocycles. The maximum atomic E-state index is 5.87. The second-order valence-corrected chi connectivity index (χ2v) is 17.4. The maximum Gasteiger partial charge on any atom is 0.160 e. The van der Waals surface area contributed by atoms with Gasteiger partial charge in [0.1, 0.15) is 0 Å². The first-order valence-electron chi connectivity index (χ1n) is 18.2. The molecule has 13 nitrogen and oxygen atoms in total. The Balaban J connectivity index is 0.000000139. The number of nitrogen functional groups attached to an aromatic ring is 1. The van der Waals surface area contributed by atoms with Gasteiger partial charge in [0.15, 0.2) is 28.4 Å². The molecule has 0 saturated carbocycles. The lowest BCUT2D eigenvalue weighted by Gasteiger charge is -2.17. The Labute approximate surface area is 317 Å². The molecule has 0 radical (unpaired) electrons. The summed E-state index contributed by atoms with van der Waals surface area (Å²) < 4.78 is 7.26. The highest BCUT2D eigenvalue weighted by Crippen LogP contribution is 2.30. The summed E-state index contributed by atoms with van der Waals surface area (Å²) in [6.45, 7) is 27.9. The zero-order valence-electron chi connectivity index (χ0n) is 34.0. The van der Waals surface area contributed by atoms with Crippen LogP contribution in [0.3, 0.4) is 0 Å². The van der Waals surface area contributed by atoms with E-state index in [9.17, 15) is 0 Å². The zero-order chi connectivity index (χ0) is 39.6. The molecule has 8 aromatic heterocycles. The molecule has 0 fully saturated rings. The lowest BCUT2D eigenvalue weighted by molar-refractivity contribution is 0.551. The van der Waals surface area contributed by atoms with Crippen molar-refractivity contribution in [2.45, 2.75) is 112 Å². The Morgan fingerprint density at radius 2 is 1.06 bits per heavy atom.